The quantitative estimate of drug-likeness (QED) is 0.159. The largest absolute Gasteiger partial charge is 0.228 e. The number of aromatic nitrogens is 2. The number of fused-ring (bicyclic) bond motifs is 7. The van der Waals surface area contributed by atoms with Crippen LogP contribution in [0.1, 0.15) is 47.2 Å². The van der Waals surface area contributed by atoms with Crippen molar-refractivity contribution in [1.29, 1.82) is 0 Å². The zero-order chi connectivity index (χ0) is 45.4. The highest BCUT2D eigenvalue weighted by Crippen LogP contribution is 2.59. The van der Waals surface area contributed by atoms with Gasteiger partial charge in [-0.2, -0.15) is 0 Å². The highest BCUT2D eigenvalue weighted by Gasteiger charge is 2.47. The first kappa shape index (κ1) is 39.9. The van der Waals surface area contributed by atoms with E-state index in [1.54, 1.807) is 0 Å². The average Bonchev–Trinajstić information content (AvgIpc) is 3.84. The molecule has 0 saturated heterocycles. The van der Waals surface area contributed by atoms with Crippen molar-refractivity contribution in [3.63, 3.8) is 0 Å². The first-order chi connectivity index (χ1) is 33.5. The van der Waals surface area contributed by atoms with Crippen molar-refractivity contribution in [1.82, 2.24) is 9.97 Å². The Hall–Kier alpha value is -8.46. The molecule has 2 aliphatic rings. The van der Waals surface area contributed by atoms with Crippen molar-refractivity contribution in [2.24, 2.45) is 0 Å². The minimum Gasteiger partial charge on any atom is -0.228 e. The molecule has 11 aromatic rings. The molecular formula is C66H46N2. The van der Waals surface area contributed by atoms with Crippen LogP contribution in [0.25, 0.3) is 89.2 Å². The molecule has 13 rings (SSSR count). The third-order valence-electron chi connectivity index (χ3n) is 14.8. The molecule has 68 heavy (non-hydrogen) atoms. The molecule has 0 atom stereocenters. The second-order valence-electron chi connectivity index (χ2n) is 18.8. The third-order valence-corrected chi connectivity index (χ3v) is 14.8. The molecule has 0 aliphatic heterocycles. The van der Waals surface area contributed by atoms with Gasteiger partial charge in [-0.15, -0.1) is 0 Å². The molecule has 0 amide bonds. The predicted molar refractivity (Wildman–Crippen MR) is 282 cm³/mol. The number of benzene rings is 10. The Kier molecular flexibility index (Phi) is 9.13. The first-order valence-corrected chi connectivity index (χ1v) is 23.6. The van der Waals surface area contributed by atoms with E-state index in [9.17, 15) is 0 Å². The summed E-state index contributed by atoms with van der Waals surface area (Å²) in [6.07, 6.45) is 0. The van der Waals surface area contributed by atoms with Gasteiger partial charge in [-0.3, -0.25) is 0 Å². The Morgan fingerprint density at radius 3 is 1.53 bits per heavy atom. The molecule has 0 saturated carbocycles. The second-order valence-corrected chi connectivity index (χ2v) is 18.8. The zero-order valence-electron chi connectivity index (χ0n) is 38.0. The predicted octanol–water partition coefficient (Wildman–Crippen LogP) is 16.6. The maximum atomic E-state index is 5.43. The fraction of sp³-hybridized carbons (Fsp3) is 0.0606. The lowest BCUT2D eigenvalue weighted by Gasteiger charge is -2.34. The SMILES string of the molecule is CC1(C)c2cc3ccccc3cc2-c2c(-c3cccc(-c4cc(-c5ccccc5-c5cccc6c5-c5ccccc5C6(c5ccccc5)c5ccccc5)nc(-c5ccccc5)n4)c3)cccc21. The molecule has 0 fully saturated rings. The van der Waals surface area contributed by atoms with Crippen molar-refractivity contribution >= 4 is 10.8 Å². The van der Waals surface area contributed by atoms with Crippen molar-refractivity contribution in [3.8, 4) is 78.4 Å². The van der Waals surface area contributed by atoms with Crippen LogP contribution in [0.2, 0.25) is 0 Å². The lowest BCUT2D eigenvalue weighted by atomic mass is 9.67. The lowest BCUT2D eigenvalue weighted by molar-refractivity contribution is 0.661. The average molecular weight is 867 g/mol. The number of hydrogen-bond acceptors (Lipinski definition) is 2. The van der Waals surface area contributed by atoms with Gasteiger partial charge in [-0.25, -0.2) is 9.97 Å². The van der Waals surface area contributed by atoms with Crippen molar-refractivity contribution in [3.05, 3.63) is 276 Å². The highest BCUT2D eigenvalue weighted by atomic mass is 14.9. The zero-order valence-corrected chi connectivity index (χ0v) is 38.0. The van der Waals surface area contributed by atoms with Gasteiger partial charge in [0.2, 0.25) is 0 Å². The van der Waals surface area contributed by atoms with Crippen LogP contribution in [0.15, 0.2) is 243 Å². The van der Waals surface area contributed by atoms with Crippen LogP contribution in [0.4, 0.5) is 0 Å². The molecule has 1 heterocycles. The standard InChI is InChI=1S/C66H46N2/c1-65(2)57-37-19-34-50(62(57)55-40-44-23-12-13-24-45(44)41-59(55)65)46-25-18-26-47(39-46)60-42-61(68-64(67-60)43-21-6-3-7-22-43)52-32-15-14-31-51(52)53-35-20-38-58-63(53)54-33-16-17-36-56(54)66(58,48-27-8-4-9-28-48)49-29-10-5-11-30-49/h3-42H,1-2H3. The molecule has 0 unspecified atom stereocenters. The molecule has 320 valence electrons. The van der Waals surface area contributed by atoms with Gasteiger partial charge in [0, 0.05) is 22.1 Å². The van der Waals surface area contributed by atoms with Gasteiger partial charge in [0.05, 0.1) is 16.8 Å². The summed E-state index contributed by atoms with van der Waals surface area (Å²) in [5, 5.41) is 2.54. The Morgan fingerprint density at radius 2 is 0.794 bits per heavy atom. The molecule has 2 heteroatoms. The van der Waals surface area contributed by atoms with Gasteiger partial charge in [-0.05, 0) is 113 Å². The van der Waals surface area contributed by atoms with Crippen molar-refractivity contribution in [2.75, 3.05) is 0 Å². The van der Waals surface area contributed by atoms with Crippen LogP contribution >= 0.6 is 0 Å². The number of nitrogens with zero attached hydrogens (tertiary/aromatic N) is 2. The van der Waals surface area contributed by atoms with Gasteiger partial charge in [0.1, 0.15) is 0 Å². The Morgan fingerprint density at radius 1 is 0.294 bits per heavy atom. The van der Waals surface area contributed by atoms with E-state index < -0.39 is 5.41 Å². The smallest absolute Gasteiger partial charge is 0.160 e. The molecule has 2 aliphatic carbocycles. The lowest BCUT2D eigenvalue weighted by Crippen LogP contribution is -2.28. The molecule has 0 spiro atoms. The second kappa shape index (κ2) is 15.6. The Balaban J connectivity index is 0.995. The number of rotatable bonds is 7. The minimum absolute atomic E-state index is 0.132. The topological polar surface area (TPSA) is 25.8 Å². The van der Waals surface area contributed by atoms with Crippen LogP contribution in [-0.2, 0) is 10.8 Å². The van der Waals surface area contributed by atoms with E-state index in [1.807, 2.05) is 6.07 Å². The maximum Gasteiger partial charge on any atom is 0.160 e. The summed E-state index contributed by atoms with van der Waals surface area (Å²) >= 11 is 0. The van der Waals surface area contributed by atoms with E-state index in [2.05, 4.69) is 250 Å². The summed E-state index contributed by atoms with van der Waals surface area (Å²) in [4.78, 5) is 10.8. The summed E-state index contributed by atoms with van der Waals surface area (Å²) in [5.74, 6) is 0.692. The van der Waals surface area contributed by atoms with Gasteiger partial charge in [0.15, 0.2) is 5.82 Å². The van der Waals surface area contributed by atoms with Gasteiger partial charge >= 0.3 is 0 Å². The van der Waals surface area contributed by atoms with Gasteiger partial charge in [-0.1, -0.05) is 232 Å². The van der Waals surface area contributed by atoms with Crippen molar-refractivity contribution in [2.45, 2.75) is 24.7 Å². The number of hydrogen-bond donors (Lipinski definition) is 0. The molecule has 0 radical (unpaired) electrons. The maximum absolute atomic E-state index is 5.43. The molecule has 0 N–H and O–H groups in total. The van der Waals surface area contributed by atoms with Gasteiger partial charge < -0.3 is 0 Å². The van der Waals surface area contributed by atoms with E-state index in [0.717, 1.165) is 39.2 Å². The van der Waals surface area contributed by atoms with Crippen LogP contribution < -0.4 is 0 Å². The Labute approximate surface area is 398 Å². The van der Waals surface area contributed by atoms with Crippen molar-refractivity contribution < 1.29 is 0 Å². The Bertz CT molecular complexity index is 3720. The molecule has 0 bridgehead atoms. The summed E-state index contributed by atoms with van der Waals surface area (Å²) in [7, 11) is 0. The fourth-order valence-electron chi connectivity index (χ4n) is 11.7. The van der Waals surface area contributed by atoms with Crippen LogP contribution in [0.5, 0.6) is 0 Å². The summed E-state index contributed by atoms with van der Waals surface area (Å²) in [6, 6.07) is 88.6. The molecule has 2 nitrogen and oxygen atoms in total. The molecular weight excluding hydrogens is 821 g/mol. The van der Waals surface area contributed by atoms with E-state index >= 15 is 0 Å². The summed E-state index contributed by atoms with van der Waals surface area (Å²) < 4.78 is 0. The molecule has 1 aromatic heterocycles. The highest BCUT2D eigenvalue weighted by molar-refractivity contribution is 6.00. The van der Waals surface area contributed by atoms with Crippen LogP contribution in [0, 0.1) is 0 Å². The van der Waals surface area contributed by atoms with Crippen LogP contribution in [-0.4, -0.2) is 9.97 Å². The monoisotopic (exact) mass is 866 g/mol. The minimum atomic E-state index is -0.503. The van der Waals surface area contributed by atoms with E-state index in [0.29, 0.717) is 5.82 Å². The van der Waals surface area contributed by atoms with Gasteiger partial charge in [0.25, 0.3) is 0 Å². The van der Waals surface area contributed by atoms with Crippen LogP contribution in [0.3, 0.4) is 0 Å². The fourth-order valence-corrected chi connectivity index (χ4v) is 11.7. The first-order valence-electron chi connectivity index (χ1n) is 23.6. The summed E-state index contributed by atoms with van der Waals surface area (Å²) in [5.41, 5.74) is 21.8. The third kappa shape index (κ3) is 6.04. The normalized spacial score (nSPS) is 13.7. The van der Waals surface area contributed by atoms with E-state index in [4.69, 9.17) is 9.97 Å². The summed E-state index contributed by atoms with van der Waals surface area (Å²) in [6.45, 7) is 4.73. The molecule has 10 aromatic carbocycles. The van der Waals surface area contributed by atoms with E-state index in [1.165, 1.54) is 77.5 Å². The van der Waals surface area contributed by atoms with E-state index in [-0.39, 0.29) is 5.41 Å².